The average molecular weight is 226 g/mol. The predicted molar refractivity (Wildman–Crippen MR) is 62.8 cm³/mol. The van der Waals surface area contributed by atoms with Crippen LogP contribution in [0.15, 0.2) is 0 Å². The van der Waals surface area contributed by atoms with Gasteiger partial charge in [0.15, 0.2) is 0 Å². The van der Waals surface area contributed by atoms with Gasteiger partial charge in [0, 0.05) is 0 Å². The lowest BCUT2D eigenvalue weighted by molar-refractivity contribution is 0.143. The highest BCUT2D eigenvalue weighted by Crippen LogP contribution is 2.41. The van der Waals surface area contributed by atoms with Gasteiger partial charge in [-0.3, -0.25) is 0 Å². The Morgan fingerprint density at radius 1 is 1.00 bits per heavy atom. The molecule has 0 aromatic heterocycles. The molecule has 2 unspecified atom stereocenters. The monoisotopic (exact) mass is 226 g/mol. The van der Waals surface area contributed by atoms with Crippen molar-refractivity contribution in [2.75, 3.05) is 0 Å². The lowest BCUT2D eigenvalue weighted by atomic mass is 9.69. The fraction of sp³-hybridized carbons (Fsp3) is 0.833. The van der Waals surface area contributed by atoms with Gasteiger partial charge in [-0.2, -0.15) is 0 Å². The number of isocyanates is 2. The third kappa shape index (κ3) is 10.8. The van der Waals surface area contributed by atoms with Crippen molar-refractivity contribution in [1.29, 1.82) is 10.8 Å². The van der Waals surface area contributed by atoms with Crippen LogP contribution < -0.4 is 0 Å². The smallest absolute Gasteiger partial charge is 0.222 e. The molecule has 1 aliphatic rings. The molecule has 0 aliphatic heterocycles. The fourth-order valence-corrected chi connectivity index (χ4v) is 2.82. The molecule has 92 valence electrons. The van der Waals surface area contributed by atoms with Crippen LogP contribution in [-0.2, 0) is 9.59 Å². The molecule has 1 saturated carbocycles. The van der Waals surface area contributed by atoms with E-state index in [1.165, 1.54) is 19.3 Å². The lowest BCUT2D eigenvalue weighted by Crippen LogP contribution is -2.25. The van der Waals surface area contributed by atoms with Crippen LogP contribution in [0.2, 0.25) is 0 Å². The van der Waals surface area contributed by atoms with Gasteiger partial charge >= 0.3 is 0 Å². The van der Waals surface area contributed by atoms with Gasteiger partial charge in [-0.05, 0) is 36.5 Å². The summed E-state index contributed by atoms with van der Waals surface area (Å²) in [5.74, 6) is 1.91. The molecule has 2 atom stereocenters. The first-order chi connectivity index (χ1) is 7.32. The summed E-state index contributed by atoms with van der Waals surface area (Å²) in [6.07, 6.45) is 5.80. The first kappa shape index (κ1) is 17.2. The molecule has 0 bridgehead atoms. The second kappa shape index (κ2) is 9.02. The molecule has 1 fully saturated rings. The lowest BCUT2D eigenvalue weighted by Gasteiger charge is -2.37. The molecular formula is C12H22N2O2. The third-order valence-electron chi connectivity index (χ3n) is 2.61. The van der Waals surface area contributed by atoms with E-state index < -0.39 is 0 Å². The van der Waals surface area contributed by atoms with Crippen molar-refractivity contribution < 1.29 is 9.59 Å². The summed E-state index contributed by atoms with van der Waals surface area (Å²) >= 11 is 0. The van der Waals surface area contributed by atoms with E-state index in [0.29, 0.717) is 5.41 Å². The zero-order chi connectivity index (χ0) is 13.2. The molecule has 1 aliphatic carbocycles. The van der Waals surface area contributed by atoms with Gasteiger partial charge in [-0.15, -0.1) is 0 Å². The van der Waals surface area contributed by atoms with E-state index in [2.05, 4.69) is 27.7 Å². The van der Waals surface area contributed by atoms with Crippen LogP contribution in [-0.4, -0.2) is 12.2 Å². The molecule has 4 heteroatoms. The minimum atomic E-state index is 0.622. The maximum absolute atomic E-state index is 8.35. The topological polar surface area (TPSA) is 81.8 Å². The second-order valence-corrected chi connectivity index (χ2v) is 5.22. The van der Waals surface area contributed by atoms with Gasteiger partial charge in [0.2, 0.25) is 12.2 Å². The Hall–Kier alpha value is -1.24. The van der Waals surface area contributed by atoms with E-state index in [-0.39, 0.29) is 0 Å². The van der Waals surface area contributed by atoms with Crippen LogP contribution in [0.4, 0.5) is 0 Å². The first-order valence-electron chi connectivity index (χ1n) is 5.40. The maximum Gasteiger partial charge on any atom is 0.231 e. The average Bonchev–Trinajstić information content (AvgIpc) is 2.00. The van der Waals surface area contributed by atoms with E-state index >= 15 is 0 Å². The second-order valence-electron chi connectivity index (χ2n) is 5.22. The molecule has 0 aromatic carbocycles. The Kier molecular flexibility index (Phi) is 9.68. The van der Waals surface area contributed by atoms with Crippen LogP contribution in [0.3, 0.4) is 0 Å². The Morgan fingerprint density at radius 3 is 1.44 bits per heavy atom. The van der Waals surface area contributed by atoms with E-state index in [4.69, 9.17) is 20.4 Å². The summed E-state index contributed by atoms with van der Waals surface area (Å²) in [4.78, 5) is 16.7. The van der Waals surface area contributed by atoms with Gasteiger partial charge in [0.25, 0.3) is 0 Å². The summed E-state index contributed by atoms with van der Waals surface area (Å²) in [7, 11) is 0. The van der Waals surface area contributed by atoms with Gasteiger partial charge in [0.05, 0.1) is 0 Å². The van der Waals surface area contributed by atoms with E-state index in [1.807, 2.05) is 0 Å². The number of carbonyl (C=O) groups excluding carboxylic acids is 2. The molecule has 0 radical (unpaired) electrons. The SMILES string of the molecule is CC1CC(C)CC(C)(C)C1.N=C=O.N=C=O. The number of nitrogens with one attached hydrogen (secondary N) is 2. The maximum atomic E-state index is 8.35. The summed E-state index contributed by atoms with van der Waals surface area (Å²) in [5.41, 5.74) is 0.622. The molecule has 0 heterocycles. The van der Waals surface area contributed by atoms with Crippen molar-refractivity contribution in [3.63, 3.8) is 0 Å². The predicted octanol–water partition coefficient (Wildman–Crippen LogP) is 3.27. The Balaban J connectivity index is 0. The van der Waals surface area contributed by atoms with Crippen molar-refractivity contribution >= 4 is 12.2 Å². The summed E-state index contributed by atoms with van der Waals surface area (Å²) in [6.45, 7) is 9.58. The number of rotatable bonds is 0. The summed E-state index contributed by atoms with van der Waals surface area (Å²) in [5, 5.41) is 10.8. The molecule has 0 aromatic rings. The van der Waals surface area contributed by atoms with Crippen LogP contribution in [0.25, 0.3) is 0 Å². The molecule has 0 saturated heterocycles. The highest BCUT2D eigenvalue weighted by molar-refractivity contribution is 5.26. The van der Waals surface area contributed by atoms with Crippen LogP contribution in [0.5, 0.6) is 0 Å². The minimum absolute atomic E-state index is 0.622. The van der Waals surface area contributed by atoms with Crippen molar-refractivity contribution in [2.45, 2.75) is 47.0 Å². The largest absolute Gasteiger partial charge is 0.231 e. The quantitative estimate of drug-likeness (QED) is 0.491. The first-order valence-corrected chi connectivity index (χ1v) is 5.40. The molecule has 0 amide bonds. The molecule has 1 rings (SSSR count). The zero-order valence-corrected chi connectivity index (χ0v) is 10.6. The van der Waals surface area contributed by atoms with Crippen molar-refractivity contribution in [3.05, 3.63) is 0 Å². The van der Waals surface area contributed by atoms with Crippen molar-refractivity contribution in [3.8, 4) is 0 Å². The minimum Gasteiger partial charge on any atom is -0.222 e. The van der Waals surface area contributed by atoms with Crippen molar-refractivity contribution in [1.82, 2.24) is 0 Å². The van der Waals surface area contributed by atoms with Crippen molar-refractivity contribution in [2.24, 2.45) is 17.3 Å². The van der Waals surface area contributed by atoms with Crippen LogP contribution in [0, 0.1) is 28.1 Å². The molecule has 0 spiro atoms. The zero-order valence-electron chi connectivity index (χ0n) is 10.6. The molecule has 2 N–H and O–H groups in total. The van der Waals surface area contributed by atoms with E-state index in [0.717, 1.165) is 24.0 Å². The Labute approximate surface area is 97.5 Å². The summed E-state index contributed by atoms with van der Waals surface area (Å²) < 4.78 is 0. The van der Waals surface area contributed by atoms with E-state index in [9.17, 15) is 0 Å². The Morgan fingerprint density at radius 2 is 1.25 bits per heavy atom. The van der Waals surface area contributed by atoms with E-state index in [1.54, 1.807) is 0 Å². The fourth-order valence-electron chi connectivity index (χ4n) is 2.82. The number of hydrogen-bond donors (Lipinski definition) is 2. The highest BCUT2D eigenvalue weighted by atomic mass is 16.1. The Bertz CT molecular complexity index is 226. The van der Waals surface area contributed by atoms with Gasteiger partial charge in [-0.25, -0.2) is 20.4 Å². The van der Waals surface area contributed by atoms with Gasteiger partial charge in [0.1, 0.15) is 0 Å². The van der Waals surface area contributed by atoms with Gasteiger partial charge in [-0.1, -0.05) is 27.7 Å². The van der Waals surface area contributed by atoms with Crippen LogP contribution >= 0.6 is 0 Å². The molecule has 16 heavy (non-hydrogen) atoms. The normalized spacial score (nSPS) is 25.8. The van der Waals surface area contributed by atoms with Crippen LogP contribution in [0.1, 0.15) is 47.0 Å². The standard InChI is InChI=1S/C10H20.2CHNO/c1-8-5-9(2)7-10(3,4)6-8;2*2-1-3/h8-9H,5-7H2,1-4H3;2*2H. The highest BCUT2D eigenvalue weighted by Gasteiger charge is 2.29. The molecular weight excluding hydrogens is 204 g/mol. The number of hydrogen-bond acceptors (Lipinski definition) is 4. The summed E-state index contributed by atoms with van der Waals surface area (Å²) in [6, 6.07) is 0. The molecule has 4 nitrogen and oxygen atoms in total. The van der Waals surface area contributed by atoms with Gasteiger partial charge < -0.3 is 0 Å². The third-order valence-corrected chi connectivity index (χ3v) is 2.61.